The van der Waals surface area contributed by atoms with Crippen molar-refractivity contribution in [2.75, 3.05) is 62.3 Å². The number of piperazine rings is 1. The Balaban J connectivity index is 0.813. The smallest absolute Gasteiger partial charge is 0.417 e. The zero-order chi connectivity index (χ0) is 43.2. The molecule has 3 aliphatic heterocycles. The fraction of sp³-hybridized carbons (Fsp3) is 0.349. The van der Waals surface area contributed by atoms with Crippen molar-refractivity contribution in [2.45, 2.75) is 44.3 Å². The highest BCUT2D eigenvalue weighted by Crippen LogP contribution is 2.41. The van der Waals surface area contributed by atoms with E-state index in [9.17, 15) is 32.8 Å². The molecule has 3 amide bonds. The minimum atomic E-state index is -4.84. The summed E-state index contributed by atoms with van der Waals surface area (Å²) < 4.78 is 74.0. The summed E-state index contributed by atoms with van der Waals surface area (Å²) in [7, 11) is 0. The second-order valence-corrected chi connectivity index (χ2v) is 15.9. The van der Waals surface area contributed by atoms with Crippen LogP contribution in [0, 0.1) is 17.1 Å². The molecule has 1 atom stereocenters. The van der Waals surface area contributed by atoms with Crippen LogP contribution >= 0.6 is 12.2 Å². The van der Waals surface area contributed by atoms with Gasteiger partial charge in [-0.15, -0.1) is 0 Å². The Morgan fingerprint density at radius 2 is 1.64 bits per heavy atom. The molecule has 1 N–H and O–H groups in total. The lowest BCUT2D eigenvalue weighted by Gasteiger charge is -2.34. The van der Waals surface area contributed by atoms with Crippen LogP contribution in [0.3, 0.4) is 0 Å². The Morgan fingerprint density at radius 3 is 2.31 bits per heavy atom. The number of nitriles is 1. The summed E-state index contributed by atoms with van der Waals surface area (Å²) in [5, 5.41) is 18.2. The van der Waals surface area contributed by atoms with Gasteiger partial charge < -0.3 is 18.9 Å². The van der Waals surface area contributed by atoms with Crippen LogP contribution in [0.2, 0.25) is 0 Å². The van der Waals surface area contributed by atoms with E-state index in [1.807, 2.05) is 30.3 Å². The number of hydrogen-bond donors (Lipinski definition) is 1. The third kappa shape index (κ3) is 8.08. The highest BCUT2D eigenvalue weighted by molar-refractivity contribution is 7.81. The van der Waals surface area contributed by atoms with Crippen molar-refractivity contribution in [3.8, 4) is 17.6 Å². The standard InChI is InChI=1S/C43H39F4N7O6S/c1-42(2)40(57)53(27-5-3-26(24-48)32(22-27)43(45,46)47)41(61)54(42)28-6-11-34(33(44)23-28)59-20-18-52-15-13-51(14-16-52)17-19-58-29-7-8-30-25(21-29)4-10-35-37(30)38(50-60-35)31-9-12-36(55)49-39(31)56/h3-8,10-11,21-23,31H,9,12-20H2,1-2H3,(H,49,55,56). The second-order valence-electron chi connectivity index (χ2n) is 15.5. The predicted molar refractivity (Wildman–Crippen MR) is 220 cm³/mol. The number of anilines is 2. The number of nitrogens with one attached hydrogen (secondary N) is 1. The third-order valence-electron chi connectivity index (χ3n) is 11.4. The molecule has 316 valence electrons. The van der Waals surface area contributed by atoms with Gasteiger partial charge in [0.25, 0.3) is 5.91 Å². The van der Waals surface area contributed by atoms with E-state index in [1.165, 1.54) is 49.1 Å². The van der Waals surface area contributed by atoms with Gasteiger partial charge in [-0.25, -0.2) is 4.39 Å². The van der Waals surface area contributed by atoms with Crippen molar-refractivity contribution in [3.63, 3.8) is 0 Å². The summed E-state index contributed by atoms with van der Waals surface area (Å²) >= 11 is 5.57. The van der Waals surface area contributed by atoms with Gasteiger partial charge >= 0.3 is 6.18 Å². The largest absolute Gasteiger partial charge is 0.492 e. The predicted octanol–water partition coefficient (Wildman–Crippen LogP) is 6.52. The molecule has 0 aliphatic carbocycles. The molecule has 1 aromatic heterocycles. The lowest BCUT2D eigenvalue weighted by atomic mass is 9.91. The molecular weight excluding hydrogens is 819 g/mol. The molecule has 4 heterocycles. The number of rotatable bonds is 11. The van der Waals surface area contributed by atoms with E-state index in [0.29, 0.717) is 49.2 Å². The van der Waals surface area contributed by atoms with Crippen molar-refractivity contribution in [1.82, 2.24) is 20.3 Å². The molecule has 3 fully saturated rings. The van der Waals surface area contributed by atoms with Gasteiger partial charge in [0.1, 0.15) is 30.2 Å². The fourth-order valence-electron chi connectivity index (χ4n) is 8.07. The van der Waals surface area contributed by atoms with Crippen LogP contribution in [0.5, 0.6) is 11.5 Å². The Morgan fingerprint density at radius 1 is 0.934 bits per heavy atom. The van der Waals surface area contributed by atoms with Crippen LogP contribution in [-0.2, 0) is 20.6 Å². The first-order valence-corrected chi connectivity index (χ1v) is 20.0. The number of benzene rings is 4. The topological polar surface area (TPSA) is 144 Å². The maximum atomic E-state index is 15.5. The summed E-state index contributed by atoms with van der Waals surface area (Å²) in [5.74, 6) is -1.84. The van der Waals surface area contributed by atoms with E-state index < -0.39 is 40.5 Å². The molecule has 5 aromatic rings. The molecule has 0 saturated carbocycles. The van der Waals surface area contributed by atoms with Crippen LogP contribution in [0.4, 0.5) is 28.9 Å². The average molecular weight is 858 g/mol. The number of fused-ring (bicyclic) bond motifs is 3. The molecule has 0 bridgehead atoms. The van der Waals surface area contributed by atoms with Crippen molar-refractivity contribution in [2.24, 2.45) is 0 Å². The molecule has 4 aromatic carbocycles. The minimum Gasteiger partial charge on any atom is -0.492 e. The van der Waals surface area contributed by atoms with Gasteiger partial charge in [0.15, 0.2) is 22.3 Å². The lowest BCUT2D eigenvalue weighted by molar-refractivity contribution is -0.138. The number of carbonyl (C=O) groups is 3. The Hall–Kier alpha value is -6.16. The van der Waals surface area contributed by atoms with Gasteiger partial charge in [-0.2, -0.15) is 18.4 Å². The zero-order valence-corrected chi connectivity index (χ0v) is 33.9. The Bertz CT molecular complexity index is 2620. The molecule has 3 aliphatic rings. The molecule has 13 nitrogen and oxygen atoms in total. The minimum absolute atomic E-state index is 0.00171. The molecule has 0 spiro atoms. The normalized spacial score (nSPS) is 18.9. The van der Waals surface area contributed by atoms with Gasteiger partial charge in [-0.05, 0) is 97.9 Å². The number of piperidine rings is 1. The van der Waals surface area contributed by atoms with Crippen molar-refractivity contribution in [1.29, 1.82) is 5.26 Å². The number of alkyl halides is 3. The quantitative estimate of drug-likeness (QED) is 0.0878. The molecule has 18 heteroatoms. The fourth-order valence-corrected chi connectivity index (χ4v) is 8.60. The number of aromatic nitrogens is 1. The first-order valence-electron chi connectivity index (χ1n) is 19.6. The summed E-state index contributed by atoms with van der Waals surface area (Å²) in [6.45, 7) is 8.21. The van der Waals surface area contributed by atoms with Gasteiger partial charge in [0.2, 0.25) is 11.8 Å². The van der Waals surface area contributed by atoms with Gasteiger partial charge in [-0.1, -0.05) is 11.2 Å². The number of ether oxygens (including phenoxy) is 2. The molecule has 0 radical (unpaired) electrons. The van der Waals surface area contributed by atoms with Crippen LogP contribution in [-0.4, -0.2) is 95.8 Å². The monoisotopic (exact) mass is 857 g/mol. The third-order valence-corrected chi connectivity index (χ3v) is 11.7. The molecule has 1 unspecified atom stereocenters. The van der Waals surface area contributed by atoms with Crippen LogP contribution in [0.15, 0.2) is 71.3 Å². The molecular formula is C43H39F4N7O6S. The highest BCUT2D eigenvalue weighted by atomic mass is 32.1. The number of carbonyl (C=O) groups excluding carboxylic acids is 3. The van der Waals surface area contributed by atoms with Crippen LogP contribution < -0.4 is 24.6 Å². The van der Waals surface area contributed by atoms with Crippen molar-refractivity contribution < 1.29 is 45.9 Å². The average Bonchev–Trinajstić information content (AvgIpc) is 3.73. The summed E-state index contributed by atoms with van der Waals surface area (Å²) in [6.07, 6.45) is -4.22. The lowest BCUT2D eigenvalue weighted by Crippen LogP contribution is -2.48. The number of imide groups is 1. The molecule has 3 saturated heterocycles. The first kappa shape index (κ1) is 41.6. The summed E-state index contributed by atoms with van der Waals surface area (Å²) in [5.41, 5.74) is -2.01. The van der Waals surface area contributed by atoms with Crippen LogP contribution in [0.25, 0.3) is 21.7 Å². The van der Waals surface area contributed by atoms with Crippen molar-refractivity contribution >= 4 is 68.2 Å². The van der Waals surface area contributed by atoms with E-state index in [1.54, 1.807) is 0 Å². The summed E-state index contributed by atoms with van der Waals surface area (Å²) in [4.78, 5) is 44.7. The Labute approximate surface area is 352 Å². The maximum absolute atomic E-state index is 15.5. The highest BCUT2D eigenvalue weighted by Gasteiger charge is 2.51. The van der Waals surface area contributed by atoms with E-state index >= 15 is 4.39 Å². The molecule has 61 heavy (non-hydrogen) atoms. The van der Waals surface area contributed by atoms with Crippen molar-refractivity contribution in [3.05, 3.63) is 89.4 Å². The zero-order valence-electron chi connectivity index (χ0n) is 33.1. The first-order chi connectivity index (χ1) is 29.1. The van der Waals surface area contributed by atoms with E-state index in [4.69, 9.17) is 26.2 Å². The number of halogens is 4. The summed E-state index contributed by atoms with van der Waals surface area (Å²) in [6, 6.07) is 18.1. The number of nitrogens with zero attached hydrogens (tertiary/aromatic N) is 6. The maximum Gasteiger partial charge on any atom is 0.417 e. The van der Waals surface area contributed by atoms with E-state index in [0.717, 1.165) is 53.3 Å². The van der Waals surface area contributed by atoms with Gasteiger partial charge in [0, 0.05) is 57.4 Å². The second kappa shape index (κ2) is 16.4. The number of hydrogen-bond acceptors (Lipinski definition) is 11. The van der Waals surface area contributed by atoms with Crippen LogP contribution in [0.1, 0.15) is 49.4 Å². The van der Waals surface area contributed by atoms with Gasteiger partial charge in [0.05, 0.1) is 34.2 Å². The van der Waals surface area contributed by atoms with E-state index in [-0.39, 0.29) is 47.1 Å². The SMILES string of the molecule is CC1(C)C(=O)N(c2ccc(C#N)c(C(F)(F)F)c2)C(=S)N1c1ccc(OCCN2CCN(CCOc3ccc4c(ccc5onc(C6CCC(=O)NC6=O)c54)c3)CC2)c(F)c1. The van der Waals surface area contributed by atoms with E-state index in [2.05, 4.69) is 20.3 Å². The van der Waals surface area contributed by atoms with Gasteiger partial charge in [-0.3, -0.25) is 34.4 Å². The Kier molecular flexibility index (Phi) is 11.2. The number of thiocarbonyl (C=S) groups is 1. The number of amides is 3. The molecule has 8 rings (SSSR count).